The van der Waals surface area contributed by atoms with Crippen LogP contribution in [-0.2, 0) is 0 Å². The molecule has 2 nitrogen and oxygen atoms in total. The van der Waals surface area contributed by atoms with Gasteiger partial charge in [-0.25, -0.2) is 0 Å². The summed E-state index contributed by atoms with van der Waals surface area (Å²) in [6.45, 7) is 7.17. The zero-order chi connectivity index (χ0) is 10.1. The zero-order valence-corrected chi connectivity index (χ0v) is 9.65. The van der Waals surface area contributed by atoms with E-state index in [1.54, 1.807) is 0 Å². The molecule has 0 saturated carbocycles. The fourth-order valence-electron chi connectivity index (χ4n) is 1.83. The van der Waals surface area contributed by atoms with Gasteiger partial charge in [-0.2, -0.15) is 0 Å². The minimum absolute atomic E-state index is 0.912. The molecule has 1 fully saturated rings. The van der Waals surface area contributed by atoms with Gasteiger partial charge in [-0.1, -0.05) is 39.0 Å². The molecule has 1 saturated heterocycles. The maximum atomic E-state index is 3.54. The lowest BCUT2D eigenvalue weighted by Crippen LogP contribution is -2.47. The van der Waals surface area contributed by atoms with E-state index >= 15 is 0 Å². The van der Waals surface area contributed by atoms with Crippen molar-refractivity contribution in [3.63, 3.8) is 0 Å². The summed E-state index contributed by atoms with van der Waals surface area (Å²) in [4.78, 5) is 0. The zero-order valence-electron chi connectivity index (χ0n) is 9.65. The predicted octanol–water partition coefficient (Wildman–Crippen LogP) is 2.16. The molecule has 0 aromatic heterocycles. The fraction of sp³-hybridized carbons (Fsp3) is 1.00. The van der Waals surface area contributed by atoms with E-state index in [-0.39, 0.29) is 0 Å². The van der Waals surface area contributed by atoms with Gasteiger partial charge in [0.1, 0.15) is 0 Å². The summed E-state index contributed by atoms with van der Waals surface area (Å²) < 4.78 is 0. The van der Waals surface area contributed by atoms with Crippen molar-refractivity contribution in [3.05, 3.63) is 0 Å². The van der Waals surface area contributed by atoms with E-state index < -0.39 is 0 Å². The Bertz CT molecular complexity index is 121. The summed E-state index contributed by atoms with van der Waals surface area (Å²) in [5.74, 6) is 0.912. The van der Waals surface area contributed by atoms with Crippen LogP contribution in [0.25, 0.3) is 0 Å². The lowest BCUT2D eigenvalue weighted by atomic mass is 10.0. The van der Waals surface area contributed by atoms with Crippen molar-refractivity contribution in [2.24, 2.45) is 5.92 Å². The van der Waals surface area contributed by atoms with Crippen LogP contribution in [0.2, 0.25) is 0 Å². The van der Waals surface area contributed by atoms with Crippen molar-refractivity contribution in [2.45, 2.75) is 45.4 Å². The van der Waals surface area contributed by atoms with Crippen LogP contribution in [0, 0.1) is 5.92 Å². The Morgan fingerprint density at radius 2 is 1.79 bits per heavy atom. The summed E-state index contributed by atoms with van der Waals surface area (Å²) in [6, 6.07) is 0. The van der Waals surface area contributed by atoms with Crippen LogP contribution < -0.4 is 10.6 Å². The van der Waals surface area contributed by atoms with Crippen molar-refractivity contribution >= 4 is 0 Å². The van der Waals surface area contributed by atoms with Gasteiger partial charge in [-0.15, -0.1) is 0 Å². The molecular weight excluding hydrogens is 172 g/mol. The predicted molar refractivity (Wildman–Crippen MR) is 62.6 cm³/mol. The molecular formula is C12H26N2. The summed E-state index contributed by atoms with van der Waals surface area (Å²) in [5.41, 5.74) is 0. The average molecular weight is 198 g/mol. The highest BCUT2D eigenvalue weighted by Crippen LogP contribution is 2.04. The molecule has 1 aliphatic rings. The molecule has 0 aromatic carbocycles. The van der Waals surface area contributed by atoms with E-state index in [1.807, 2.05) is 0 Å². The van der Waals surface area contributed by atoms with Gasteiger partial charge in [0.2, 0.25) is 0 Å². The van der Waals surface area contributed by atoms with Crippen molar-refractivity contribution in [1.82, 2.24) is 10.6 Å². The molecule has 1 rings (SSSR count). The van der Waals surface area contributed by atoms with Gasteiger partial charge in [0.15, 0.2) is 0 Å². The first-order valence-electron chi connectivity index (χ1n) is 6.35. The van der Waals surface area contributed by atoms with Gasteiger partial charge >= 0.3 is 0 Å². The molecule has 2 heteroatoms. The van der Waals surface area contributed by atoms with Crippen LogP contribution in [0.3, 0.4) is 0 Å². The highest BCUT2D eigenvalue weighted by atomic mass is 15.0. The number of hydrogen-bond acceptors (Lipinski definition) is 2. The van der Waals surface area contributed by atoms with Gasteiger partial charge < -0.3 is 10.6 Å². The van der Waals surface area contributed by atoms with Crippen LogP contribution in [0.5, 0.6) is 0 Å². The molecule has 0 spiro atoms. The van der Waals surface area contributed by atoms with E-state index in [0.717, 1.165) is 5.92 Å². The average Bonchev–Trinajstić information content (AvgIpc) is 2.13. The van der Waals surface area contributed by atoms with E-state index in [0.29, 0.717) is 0 Å². The van der Waals surface area contributed by atoms with Crippen LogP contribution in [-0.4, -0.2) is 26.2 Å². The van der Waals surface area contributed by atoms with Gasteiger partial charge in [-0.05, 0) is 18.9 Å². The lowest BCUT2D eigenvalue weighted by Gasteiger charge is -2.27. The van der Waals surface area contributed by atoms with E-state index in [2.05, 4.69) is 17.6 Å². The Hall–Kier alpha value is -0.0800. The molecule has 0 unspecified atom stereocenters. The normalized spacial score (nSPS) is 16.9. The number of rotatable bonds is 9. The smallest absolute Gasteiger partial charge is 0.000394 e. The molecule has 0 aromatic rings. The molecule has 14 heavy (non-hydrogen) atoms. The number of unbranched alkanes of at least 4 members (excludes halogenated alkanes) is 5. The summed E-state index contributed by atoms with van der Waals surface area (Å²) in [5, 5.41) is 6.83. The highest BCUT2D eigenvalue weighted by Gasteiger charge is 2.14. The quantitative estimate of drug-likeness (QED) is 0.555. The number of nitrogens with one attached hydrogen (secondary N) is 2. The molecule has 0 bridgehead atoms. The summed E-state index contributed by atoms with van der Waals surface area (Å²) in [7, 11) is 0. The van der Waals surface area contributed by atoms with Gasteiger partial charge in [-0.3, -0.25) is 0 Å². The molecule has 1 heterocycles. The Morgan fingerprint density at radius 1 is 1.07 bits per heavy atom. The van der Waals surface area contributed by atoms with Crippen LogP contribution in [0.15, 0.2) is 0 Å². The third-order valence-corrected chi connectivity index (χ3v) is 3.01. The third-order valence-electron chi connectivity index (χ3n) is 3.01. The van der Waals surface area contributed by atoms with Crippen LogP contribution in [0.4, 0.5) is 0 Å². The van der Waals surface area contributed by atoms with E-state index in [9.17, 15) is 0 Å². The van der Waals surface area contributed by atoms with Gasteiger partial charge in [0.25, 0.3) is 0 Å². The Balaban J connectivity index is 1.67. The molecule has 1 aliphatic heterocycles. The monoisotopic (exact) mass is 198 g/mol. The first kappa shape index (κ1) is 12.0. The van der Waals surface area contributed by atoms with Gasteiger partial charge in [0, 0.05) is 19.6 Å². The molecule has 0 aliphatic carbocycles. The Labute approximate surface area is 88.8 Å². The summed E-state index contributed by atoms with van der Waals surface area (Å²) >= 11 is 0. The molecule has 0 amide bonds. The first-order valence-corrected chi connectivity index (χ1v) is 6.35. The van der Waals surface area contributed by atoms with Crippen molar-refractivity contribution < 1.29 is 0 Å². The highest BCUT2D eigenvalue weighted by molar-refractivity contribution is 4.76. The fourth-order valence-corrected chi connectivity index (χ4v) is 1.83. The van der Waals surface area contributed by atoms with Crippen molar-refractivity contribution in [1.29, 1.82) is 0 Å². The number of hydrogen-bond donors (Lipinski definition) is 2. The standard InChI is InChI=1S/C12H26N2/c1-2-3-4-5-6-7-8-13-9-12-10-14-11-12/h12-14H,2-11H2,1H3. The largest absolute Gasteiger partial charge is 0.316 e. The first-order chi connectivity index (χ1) is 6.93. The van der Waals surface area contributed by atoms with Crippen LogP contribution in [0.1, 0.15) is 45.4 Å². The maximum Gasteiger partial charge on any atom is 0.000394 e. The van der Waals surface area contributed by atoms with Crippen molar-refractivity contribution in [2.75, 3.05) is 26.2 Å². The minimum Gasteiger partial charge on any atom is -0.316 e. The molecule has 84 valence electrons. The van der Waals surface area contributed by atoms with E-state index in [1.165, 1.54) is 64.7 Å². The lowest BCUT2D eigenvalue weighted by molar-refractivity contribution is 0.331. The minimum atomic E-state index is 0.912. The second-order valence-corrected chi connectivity index (χ2v) is 4.50. The second kappa shape index (κ2) is 8.25. The van der Waals surface area contributed by atoms with Gasteiger partial charge in [0.05, 0.1) is 0 Å². The maximum absolute atomic E-state index is 3.54. The van der Waals surface area contributed by atoms with E-state index in [4.69, 9.17) is 0 Å². The Kier molecular flexibility index (Phi) is 7.06. The van der Waals surface area contributed by atoms with Crippen molar-refractivity contribution in [3.8, 4) is 0 Å². The van der Waals surface area contributed by atoms with Crippen LogP contribution >= 0.6 is 0 Å². The molecule has 0 atom stereocenters. The molecule has 2 N–H and O–H groups in total. The Morgan fingerprint density at radius 3 is 2.43 bits per heavy atom. The second-order valence-electron chi connectivity index (χ2n) is 4.50. The SMILES string of the molecule is CCCCCCCCNCC1CNC1. The summed E-state index contributed by atoms with van der Waals surface area (Å²) in [6.07, 6.45) is 8.41. The third kappa shape index (κ3) is 5.61. The topological polar surface area (TPSA) is 24.1 Å². The molecule has 0 radical (unpaired) electrons.